The lowest BCUT2D eigenvalue weighted by atomic mass is 9.84. The van der Waals surface area contributed by atoms with Crippen LogP contribution in [0.4, 0.5) is 4.79 Å². The smallest absolute Gasteiger partial charge is 0.317 e. The molecule has 0 radical (unpaired) electrons. The molecule has 1 aromatic carbocycles. The van der Waals surface area contributed by atoms with Gasteiger partial charge in [0.05, 0.1) is 6.54 Å². The van der Waals surface area contributed by atoms with Gasteiger partial charge in [0.2, 0.25) is 0 Å². The van der Waals surface area contributed by atoms with Crippen molar-refractivity contribution in [1.82, 2.24) is 15.5 Å². The Morgan fingerprint density at radius 3 is 2.38 bits per heavy atom. The third-order valence-electron chi connectivity index (χ3n) is 5.23. The zero-order chi connectivity index (χ0) is 19.3. The van der Waals surface area contributed by atoms with Crippen LogP contribution in [-0.2, 0) is 10.2 Å². The summed E-state index contributed by atoms with van der Waals surface area (Å²) in [6, 6.07) is 8.58. The third kappa shape index (κ3) is 5.46. The number of amides is 2. The molecule has 6 heteroatoms. The molecule has 3 N–H and O–H groups in total. The van der Waals surface area contributed by atoms with Crippen LogP contribution in [0.5, 0.6) is 0 Å². The molecule has 0 bridgehead atoms. The summed E-state index contributed by atoms with van der Waals surface area (Å²) in [5.41, 5.74) is 2.27. The summed E-state index contributed by atoms with van der Waals surface area (Å²) in [5.74, 6) is -0.806. The lowest BCUT2D eigenvalue weighted by Gasteiger charge is -2.42. The van der Waals surface area contributed by atoms with Crippen LogP contribution in [0.3, 0.4) is 0 Å². The largest absolute Gasteiger partial charge is 0.480 e. The van der Waals surface area contributed by atoms with Gasteiger partial charge in [0.25, 0.3) is 0 Å². The first-order chi connectivity index (χ1) is 12.2. The molecule has 0 unspecified atom stereocenters. The molecule has 0 saturated heterocycles. The van der Waals surface area contributed by atoms with Crippen LogP contribution < -0.4 is 10.6 Å². The Hall–Kier alpha value is -2.08. The molecule has 26 heavy (non-hydrogen) atoms. The minimum atomic E-state index is -0.806. The van der Waals surface area contributed by atoms with Crippen LogP contribution in [-0.4, -0.2) is 53.7 Å². The summed E-state index contributed by atoms with van der Waals surface area (Å²) < 4.78 is 0. The normalized spacial score (nSPS) is 19.7. The number of carbonyl (C=O) groups excluding carboxylic acids is 1. The molecule has 144 valence electrons. The standard InChI is InChI=1S/C20H31N3O3/c1-5-23(12-18(24)25)17-10-16(11-17)22-19(26)21-13-20(3,4)15-8-6-14(2)7-9-15/h6-9,16-17H,5,10-13H2,1-4H3,(H,24,25)(H2,21,22,26). The SMILES string of the molecule is CCN(CC(=O)O)C1CC(NC(=O)NCC(C)(C)c2ccc(C)cc2)C1. The summed E-state index contributed by atoms with van der Waals surface area (Å²) in [4.78, 5) is 25.0. The zero-order valence-electron chi connectivity index (χ0n) is 16.2. The summed E-state index contributed by atoms with van der Waals surface area (Å²) in [6.45, 7) is 9.57. The van der Waals surface area contributed by atoms with Crippen LogP contribution in [0.1, 0.15) is 44.7 Å². The average Bonchev–Trinajstić information content (AvgIpc) is 2.54. The van der Waals surface area contributed by atoms with E-state index in [9.17, 15) is 9.59 Å². The van der Waals surface area contributed by atoms with E-state index in [1.807, 2.05) is 11.8 Å². The quantitative estimate of drug-likeness (QED) is 0.664. The second-order valence-electron chi connectivity index (χ2n) is 7.86. The van der Waals surface area contributed by atoms with Gasteiger partial charge in [0.1, 0.15) is 0 Å². The Balaban J connectivity index is 1.74. The van der Waals surface area contributed by atoms with Gasteiger partial charge >= 0.3 is 12.0 Å². The molecule has 2 rings (SSSR count). The monoisotopic (exact) mass is 361 g/mol. The number of benzene rings is 1. The molecule has 1 aliphatic carbocycles. The van der Waals surface area contributed by atoms with E-state index in [1.165, 1.54) is 11.1 Å². The van der Waals surface area contributed by atoms with E-state index < -0.39 is 5.97 Å². The van der Waals surface area contributed by atoms with Crippen molar-refractivity contribution in [1.29, 1.82) is 0 Å². The number of hydrogen-bond donors (Lipinski definition) is 3. The first-order valence-electron chi connectivity index (χ1n) is 9.28. The number of carbonyl (C=O) groups is 2. The molecule has 0 heterocycles. The number of rotatable bonds is 8. The Morgan fingerprint density at radius 1 is 1.23 bits per heavy atom. The maximum absolute atomic E-state index is 12.2. The molecule has 1 saturated carbocycles. The number of carboxylic acids is 1. The minimum Gasteiger partial charge on any atom is -0.480 e. The van der Waals surface area contributed by atoms with Crippen LogP contribution in [0.25, 0.3) is 0 Å². The second-order valence-corrected chi connectivity index (χ2v) is 7.86. The first-order valence-corrected chi connectivity index (χ1v) is 9.28. The maximum Gasteiger partial charge on any atom is 0.317 e. The Bertz CT molecular complexity index is 622. The van der Waals surface area contributed by atoms with E-state index in [0.717, 1.165) is 12.8 Å². The summed E-state index contributed by atoms with van der Waals surface area (Å²) >= 11 is 0. The van der Waals surface area contributed by atoms with Crippen molar-refractivity contribution in [3.8, 4) is 0 Å². The fraction of sp³-hybridized carbons (Fsp3) is 0.600. The minimum absolute atomic E-state index is 0.0603. The van der Waals surface area contributed by atoms with Gasteiger partial charge < -0.3 is 15.7 Å². The molecular weight excluding hydrogens is 330 g/mol. The van der Waals surface area contributed by atoms with Crippen molar-refractivity contribution < 1.29 is 14.7 Å². The Labute approximate surface area is 156 Å². The molecule has 1 aliphatic rings. The van der Waals surface area contributed by atoms with Crippen LogP contribution >= 0.6 is 0 Å². The Morgan fingerprint density at radius 2 is 1.85 bits per heavy atom. The number of aryl methyl sites for hydroxylation is 1. The van der Waals surface area contributed by atoms with Crippen molar-refractivity contribution in [2.75, 3.05) is 19.6 Å². The highest BCUT2D eigenvalue weighted by atomic mass is 16.4. The van der Waals surface area contributed by atoms with E-state index in [2.05, 4.69) is 55.7 Å². The van der Waals surface area contributed by atoms with Gasteiger partial charge in [-0.15, -0.1) is 0 Å². The Kier molecular flexibility index (Phi) is 6.64. The summed E-state index contributed by atoms with van der Waals surface area (Å²) in [6.07, 6.45) is 1.60. The van der Waals surface area contributed by atoms with E-state index in [1.54, 1.807) is 0 Å². The summed E-state index contributed by atoms with van der Waals surface area (Å²) in [7, 11) is 0. The fourth-order valence-corrected chi connectivity index (χ4v) is 3.32. The number of likely N-dealkylation sites (N-methyl/N-ethyl adjacent to an activating group) is 1. The highest BCUT2D eigenvalue weighted by Gasteiger charge is 2.34. The van der Waals surface area contributed by atoms with Crippen LogP contribution in [0.15, 0.2) is 24.3 Å². The van der Waals surface area contributed by atoms with Gasteiger partial charge in [-0.2, -0.15) is 0 Å². The highest BCUT2D eigenvalue weighted by molar-refractivity contribution is 5.74. The number of nitrogens with zero attached hydrogens (tertiary/aromatic N) is 1. The van der Waals surface area contributed by atoms with Gasteiger partial charge in [-0.05, 0) is 31.9 Å². The molecule has 6 nitrogen and oxygen atoms in total. The van der Waals surface area contributed by atoms with E-state index in [0.29, 0.717) is 13.1 Å². The average molecular weight is 361 g/mol. The van der Waals surface area contributed by atoms with Crippen molar-refractivity contribution in [2.45, 2.75) is 58.0 Å². The van der Waals surface area contributed by atoms with Gasteiger partial charge in [0, 0.05) is 24.0 Å². The molecule has 1 fully saturated rings. The highest BCUT2D eigenvalue weighted by Crippen LogP contribution is 2.26. The maximum atomic E-state index is 12.2. The van der Waals surface area contributed by atoms with Crippen molar-refractivity contribution in [3.63, 3.8) is 0 Å². The number of urea groups is 1. The van der Waals surface area contributed by atoms with Crippen LogP contribution in [0, 0.1) is 6.92 Å². The number of hydrogen-bond acceptors (Lipinski definition) is 3. The third-order valence-corrected chi connectivity index (χ3v) is 5.23. The lowest BCUT2D eigenvalue weighted by Crippen LogP contribution is -2.56. The fourth-order valence-electron chi connectivity index (χ4n) is 3.32. The van der Waals surface area contributed by atoms with Crippen molar-refractivity contribution in [2.24, 2.45) is 0 Å². The molecule has 1 aromatic rings. The number of nitrogens with one attached hydrogen (secondary N) is 2. The zero-order valence-corrected chi connectivity index (χ0v) is 16.2. The number of aliphatic carboxylic acids is 1. The molecule has 0 spiro atoms. The molecule has 0 aromatic heterocycles. The van der Waals surface area contributed by atoms with Gasteiger partial charge in [-0.1, -0.05) is 50.6 Å². The molecule has 2 amide bonds. The molecule has 0 atom stereocenters. The predicted molar refractivity (Wildman–Crippen MR) is 102 cm³/mol. The van der Waals surface area contributed by atoms with Gasteiger partial charge in [-0.3, -0.25) is 9.69 Å². The van der Waals surface area contributed by atoms with Gasteiger partial charge in [0.15, 0.2) is 0 Å². The number of carboxylic acid groups (broad SMARTS) is 1. The van der Waals surface area contributed by atoms with Crippen LogP contribution in [0.2, 0.25) is 0 Å². The van der Waals surface area contributed by atoms with Crippen molar-refractivity contribution >= 4 is 12.0 Å². The van der Waals surface area contributed by atoms with E-state index >= 15 is 0 Å². The summed E-state index contributed by atoms with van der Waals surface area (Å²) in [5, 5.41) is 14.9. The van der Waals surface area contributed by atoms with Crippen molar-refractivity contribution in [3.05, 3.63) is 35.4 Å². The van der Waals surface area contributed by atoms with E-state index in [-0.39, 0.29) is 30.1 Å². The van der Waals surface area contributed by atoms with Gasteiger partial charge in [-0.25, -0.2) is 4.79 Å². The first kappa shape index (κ1) is 20.2. The van der Waals surface area contributed by atoms with E-state index in [4.69, 9.17) is 5.11 Å². The second kappa shape index (κ2) is 8.54. The molecular formula is C20H31N3O3. The predicted octanol–water partition coefficient (Wildman–Crippen LogP) is 2.51. The topological polar surface area (TPSA) is 81.7 Å². The lowest BCUT2D eigenvalue weighted by molar-refractivity contribution is -0.139. The molecule has 0 aliphatic heterocycles.